The Bertz CT molecular complexity index is 1130. The van der Waals surface area contributed by atoms with Gasteiger partial charge in [0.2, 0.25) is 5.91 Å². The highest BCUT2D eigenvalue weighted by atomic mass is 35.5. The fourth-order valence-corrected chi connectivity index (χ4v) is 5.94. The number of carbonyl (C=O) groups is 3. The number of amides is 4. The minimum Gasteiger partial charge on any atom is -0.354 e. The molecule has 2 aliphatic carbocycles. The van der Waals surface area contributed by atoms with Crippen LogP contribution < -0.4 is 16.4 Å². The lowest BCUT2D eigenvalue weighted by Gasteiger charge is -2.27. The first-order valence-electron chi connectivity index (χ1n) is 10.7. The second-order valence-electron chi connectivity index (χ2n) is 9.56. The van der Waals surface area contributed by atoms with Gasteiger partial charge < -0.3 is 21.3 Å². The number of primary amides is 1. The van der Waals surface area contributed by atoms with Crippen molar-refractivity contribution in [3.05, 3.63) is 30.5 Å². The molecule has 170 valence electrons. The molecule has 2 saturated carbocycles. The number of urea groups is 1. The average Bonchev–Trinajstić information content (AvgIpc) is 3.39. The van der Waals surface area contributed by atoms with Gasteiger partial charge in [-0.2, -0.15) is 0 Å². The lowest BCUT2D eigenvalue weighted by Crippen LogP contribution is -2.49. The smallest absolute Gasteiger partial charge is 0.323 e. The predicted octanol–water partition coefficient (Wildman–Crippen LogP) is 3.51. The number of anilines is 1. The maximum Gasteiger partial charge on any atom is 0.323 e. The third kappa shape index (κ3) is 3.15. The molecule has 1 aromatic carbocycles. The monoisotopic (exact) mass is 477 g/mol. The van der Waals surface area contributed by atoms with Gasteiger partial charge in [-0.05, 0) is 24.8 Å². The first-order valence-corrected chi connectivity index (χ1v) is 11.4. The molecule has 8 nitrogen and oxygen atoms in total. The number of para-hydroxylation sites is 1. The van der Waals surface area contributed by atoms with Crippen molar-refractivity contribution in [2.75, 3.05) is 11.9 Å². The summed E-state index contributed by atoms with van der Waals surface area (Å²) in [6.45, 7) is 4.31. The highest BCUT2D eigenvalue weighted by Crippen LogP contribution is 2.68. The summed E-state index contributed by atoms with van der Waals surface area (Å²) in [5.74, 6) is 0.0974. The third-order valence-corrected chi connectivity index (χ3v) is 8.90. The molecular formula is C22H25Cl2N5O3. The average molecular weight is 478 g/mol. The van der Waals surface area contributed by atoms with E-state index in [4.69, 9.17) is 28.9 Å². The number of nitrogens with one attached hydrogen (secondary N) is 2. The number of halogens is 2. The SMILES string of the molecule is CC1(C)[C@H](CNC(=O)[C@@H]2C[C@H]3C[C@H]3N2C(=O)Nc2cn(C(N)=O)c3ccccc23)C1(Cl)Cl. The van der Waals surface area contributed by atoms with Gasteiger partial charge in [0.25, 0.3) is 0 Å². The Hall–Kier alpha value is -2.45. The summed E-state index contributed by atoms with van der Waals surface area (Å²) in [6, 6.07) is 5.67. The number of fused-ring (bicyclic) bond motifs is 2. The van der Waals surface area contributed by atoms with E-state index in [0.29, 0.717) is 35.5 Å². The summed E-state index contributed by atoms with van der Waals surface area (Å²) < 4.78 is 0.435. The summed E-state index contributed by atoms with van der Waals surface area (Å²) in [6.07, 6.45) is 3.03. The molecule has 10 heteroatoms. The van der Waals surface area contributed by atoms with E-state index in [1.54, 1.807) is 23.1 Å². The predicted molar refractivity (Wildman–Crippen MR) is 123 cm³/mol. The van der Waals surface area contributed by atoms with Crippen LogP contribution in [-0.2, 0) is 4.79 Å². The van der Waals surface area contributed by atoms with Gasteiger partial charge >= 0.3 is 12.1 Å². The number of aromatic nitrogens is 1. The number of carbonyl (C=O) groups excluding carboxylic acids is 3. The highest BCUT2D eigenvalue weighted by Gasteiger charge is 2.69. The van der Waals surface area contributed by atoms with Crippen LogP contribution in [0.15, 0.2) is 30.5 Å². The number of likely N-dealkylation sites (tertiary alicyclic amines) is 1. The normalized spacial score (nSPS) is 28.8. The van der Waals surface area contributed by atoms with Crippen LogP contribution in [0.4, 0.5) is 15.3 Å². The number of hydrogen-bond donors (Lipinski definition) is 3. The van der Waals surface area contributed by atoms with Crippen LogP contribution >= 0.6 is 23.2 Å². The number of nitrogens with two attached hydrogens (primary N) is 1. The van der Waals surface area contributed by atoms with Gasteiger partial charge in [-0.25, -0.2) is 9.59 Å². The topological polar surface area (TPSA) is 109 Å². The lowest BCUT2D eigenvalue weighted by atomic mass is 10.1. The molecule has 2 aromatic rings. The van der Waals surface area contributed by atoms with Crippen molar-refractivity contribution in [3.8, 4) is 0 Å². The van der Waals surface area contributed by atoms with E-state index in [2.05, 4.69) is 10.6 Å². The van der Waals surface area contributed by atoms with Gasteiger partial charge in [-0.3, -0.25) is 9.36 Å². The minimum absolute atomic E-state index is 0.0413. The van der Waals surface area contributed by atoms with Crippen molar-refractivity contribution in [2.45, 2.75) is 43.1 Å². The van der Waals surface area contributed by atoms with E-state index >= 15 is 0 Å². The van der Waals surface area contributed by atoms with Crippen molar-refractivity contribution in [2.24, 2.45) is 23.0 Å². The van der Waals surface area contributed by atoms with E-state index in [-0.39, 0.29) is 29.3 Å². The second kappa shape index (κ2) is 7.02. The minimum atomic E-state index is -0.857. The number of alkyl halides is 2. The Morgan fingerprint density at radius 3 is 2.53 bits per heavy atom. The molecule has 5 rings (SSSR count). The van der Waals surface area contributed by atoms with Crippen molar-refractivity contribution >= 4 is 57.8 Å². The largest absolute Gasteiger partial charge is 0.354 e. The van der Waals surface area contributed by atoms with Gasteiger partial charge in [0.05, 0.1) is 11.2 Å². The summed E-state index contributed by atoms with van der Waals surface area (Å²) in [4.78, 5) is 39.6. The van der Waals surface area contributed by atoms with E-state index in [1.807, 2.05) is 19.9 Å². The van der Waals surface area contributed by atoms with Crippen molar-refractivity contribution in [3.63, 3.8) is 0 Å². The second-order valence-corrected chi connectivity index (χ2v) is 10.9. The lowest BCUT2D eigenvalue weighted by molar-refractivity contribution is -0.125. The van der Waals surface area contributed by atoms with Gasteiger partial charge in [0.15, 0.2) is 0 Å². The van der Waals surface area contributed by atoms with Crippen molar-refractivity contribution in [1.82, 2.24) is 14.8 Å². The molecule has 2 heterocycles. The summed E-state index contributed by atoms with van der Waals surface area (Å²) >= 11 is 12.6. The molecule has 4 N–H and O–H groups in total. The zero-order chi connectivity index (χ0) is 23.0. The van der Waals surface area contributed by atoms with E-state index in [0.717, 1.165) is 6.42 Å². The molecule has 1 aromatic heterocycles. The van der Waals surface area contributed by atoms with Crippen LogP contribution in [0.1, 0.15) is 26.7 Å². The first kappa shape index (κ1) is 21.4. The van der Waals surface area contributed by atoms with Crippen LogP contribution in [0.3, 0.4) is 0 Å². The van der Waals surface area contributed by atoms with E-state index in [9.17, 15) is 14.4 Å². The number of benzene rings is 1. The van der Waals surface area contributed by atoms with Gasteiger partial charge in [0.1, 0.15) is 10.4 Å². The fraction of sp³-hybridized carbons (Fsp3) is 0.500. The zero-order valence-electron chi connectivity index (χ0n) is 17.8. The van der Waals surface area contributed by atoms with Gasteiger partial charge in [0, 0.05) is 35.5 Å². The molecule has 3 fully saturated rings. The Morgan fingerprint density at radius 2 is 1.88 bits per heavy atom. The molecule has 0 bridgehead atoms. The molecule has 1 aliphatic heterocycles. The number of nitrogens with zero attached hydrogens (tertiary/aromatic N) is 2. The quantitative estimate of drug-likeness (QED) is 0.585. The van der Waals surface area contributed by atoms with E-state index in [1.165, 1.54) is 10.8 Å². The van der Waals surface area contributed by atoms with Crippen molar-refractivity contribution in [1.29, 1.82) is 0 Å². The summed E-state index contributed by atoms with van der Waals surface area (Å²) in [5.41, 5.74) is 6.27. The standard InChI is InChI=1S/C22H25Cl2N5O3/c1-21(2)17(22(21,23)24)9-26-18(30)16-8-11-7-15(11)29(16)20(32)27-13-10-28(19(25)31)14-6-4-3-5-12(13)14/h3-6,10-11,15-17H,7-9H2,1-2H3,(H2,25,31)(H,26,30)(H,27,32)/t11-,15-,16+,17+/m1/s1. The molecule has 0 spiro atoms. The van der Waals surface area contributed by atoms with Crippen LogP contribution in [0.25, 0.3) is 10.9 Å². The Kier molecular flexibility index (Phi) is 4.70. The van der Waals surface area contributed by atoms with Crippen LogP contribution in [-0.4, -0.2) is 50.4 Å². The molecule has 32 heavy (non-hydrogen) atoms. The number of hydrogen-bond acceptors (Lipinski definition) is 3. The summed E-state index contributed by atoms with van der Waals surface area (Å²) in [7, 11) is 0. The van der Waals surface area contributed by atoms with Crippen molar-refractivity contribution < 1.29 is 14.4 Å². The molecule has 3 aliphatic rings. The Morgan fingerprint density at radius 1 is 1.19 bits per heavy atom. The first-order chi connectivity index (χ1) is 15.0. The summed E-state index contributed by atoms with van der Waals surface area (Å²) in [5, 5.41) is 6.52. The molecule has 0 unspecified atom stereocenters. The zero-order valence-corrected chi connectivity index (χ0v) is 19.3. The van der Waals surface area contributed by atoms with Crippen LogP contribution in [0.5, 0.6) is 0 Å². The Balaban J connectivity index is 1.31. The number of rotatable bonds is 4. The van der Waals surface area contributed by atoms with Crippen LogP contribution in [0.2, 0.25) is 0 Å². The molecular weight excluding hydrogens is 453 g/mol. The van der Waals surface area contributed by atoms with Gasteiger partial charge in [-0.1, -0.05) is 32.0 Å². The van der Waals surface area contributed by atoms with Gasteiger partial charge in [-0.15, -0.1) is 23.2 Å². The number of piperidine rings is 1. The van der Waals surface area contributed by atoms with E-state index < -0.39 is 16.4 Å². The fourth-order valence-electron chi connectivity index (χ4n) is 5.09. The molecule has 0 radical (unpaired) electrons. The third-order valence-electron chi connectivity index (χ3n) is 7.40. The highest BCUT2D eigenvalue weighted by molar-refractivity contribution is 6.51. The molecule has 4 amide bonds. The Labute approximate surface area is 195 Å². The molecule has 4 atom stereocenters. The maximum absolute atomic E-state index is 13.2. The maximum atomic E-state index is 13.2. The van der Waals surface area contributed by atoms with Crippen LogP contribution in [0, 0.1) is 17.3 Å². The molecule has 1 saturated heterocycles.